The maximum absolute atomic E-state index is 9.83. The molecule has 1 nitrogen and oxygen atoms in total. The zero-order valence-corrected chi connectivity index (χ0v) is 7.67. The third-order valence-electron chi connectivity index (χ3n) is 4.08. The standard InChI is InChI=1S/C10H18O/c1-6(2)10-5-8(10)7(3)4-9(10)11/h6-9,11H,4-5H2,1-3H3/t7-,8-,9-,10+/m0/s1. The van der Waals surface area contributed by atoms with Crippen LogP contribution in [0.15, 0.2) is 0 Å². The fourth-order valence-corrected chi connectivity index (χ4v) is 3.22. The summed E-state index contributed by atoms with van der Waals surface area (Å²) in [5.41, 5.74) is 0.347. The number of hydrogen-bond acceptors (Lipinski definition) is 1. The van der Waals surface area contributed by atoms with Gasteiger partial charge < -0.3 is 5.11 Å². The highest BCUT2D eigenvalue weighted by Crippen LogP contribution is 2.69. The van der Waals surface area contributed by atoms with Gasteiger partial charge in [0.25, 0.3) is 0 Å². The molecule has 2 rings (SSSR count). The molecule has 0 radical (unpaired) electrons. The van der Waals surface area contributed by atoms with Crippen molar-refractivity contribution in [3.05, 3.63) is 0 Å². The van der Waals surface area contributed by atoms with Crippen LogP contribution in [0.3, 0.4) is 0 Å². The molecule has 0 saturated heterocycles. The highest BCUT2D eigenvalue weighted by Gasteiger charge is 2.66. The number of fused-ring (bicyclic) bond motifs is 1. The number of aliphatic hydroxyl groups excluding tert-OH is 1. The lowest BCUT2D eigenvalue weighted by Gasteiger charge is -2.22. The summed E-state index contributed by atoms with van der Waals surface area (Å²) >= 11 is 0. The Morgan fingerprint density at radius 2 is 2.09 bits per heavy atom. The molecule has 2 aliphatic carbocycles. The first-order valence-electron chi connectivity index (χ1n) is 4.77. The van der Waals surface area contributed by atoms with Gasteiger partial charge in [-0.15, -0.1) is 0 Å². The fourth-order valence-electron chi connectivity index (χ4n) is 3.22. The van der Waals surface area contributed by atoms with Gasteiger partial charge in [-0.25, -0.2) is 0 Å². The van der Waals surface area contributed by atoms with Gasteiger partial charge in [0.05, 0.1) is 6.10 Å². The van der Waals surface area contributed by atoms with Gasteiger partial charge in [-0.3, -0.25) is 0 Å². The topological polar surface area (TPSA) is 20.2 Å². The minimum atomic E-state index is 0.00231. The molecule has 11 heavy (non-hydrogen) atoms. The molecular weight excluding hydrogens is 136 g/mol. The van der Waals surface area contributed by atoms with Gasteiger partial charge in [-0.2, -0.15) is 0 Å². The van der Waals surface area contributed by atoms with E-state index in [1.54, 1.807) is 0 Å². The summed E-state index contributed by atoms with van der Waals surface area (Å²) in [5, 5.41) is 9.83. The van der Waals surface area contributed by atoms with Crippen LogP contribution in [-0.2, 0) is 0 Å². The smallest absolute Gasteiger partial charge is 0.0604 e. The van der Waals surface area contributed by atoms with Crippen LogP contribution in [0.1, 0.15) is 33.6 Å². The summed E-state index contributed by atoms with van der Waals surface area (Å²) in [5.74, 6) is 2.29. The Balaban J connectivity index is 2.19. The summed E-state index contributed by atoms with van der Waals surface area (Å²) in [7, 11) is 0. The van der Waals surface area contributed by atoms with E-state index in [2.05, 4.69) is 20.8 Å². The highest BCUT2D eigenvalue weighted by atomic mass is 16.3. The maximum Gasteiger partial charge on any atom is 0.0604 e. The number of aliphatic hydroxyl groups is 1. The molecule has 2 fully saturated rings. The lowest BCUT2D eigenvalue weighted by Crippen LogP contribution is -2.24. The van der Waals surface area contributed by atoms with Gasteiger partial charge >= 0.3 is 0 Å². The van der Waals surface area contributed by atoms with Crippen molar-refractivity contribution < 1.29 is 5.11 Å². The van der Waals surface area contributed by atoms with Crippen LogP contribution in [0.25, 0.3) is 0 Å². The Bertz CT molecular complexity index is 172. The molecule has 1 N–H and O–H groups in total. The maximum atomic E-state index is 9.83. The summed E-state index contributed by atoms with van der Waals surface area (Å²) < 4.78 is 0. The first-order valence-corrected chi connectivity index (χ1v) is 4.77. The van der Waals surface area contributed by atoms with Crippen molar-refractivity contribution in [2.45, 2.75) is 39.7 Å². The first-order chi connectivity index (χ1) is 5.09. The van der Waals surface area contributed by atoms with Gasteiger partial charge in [0.1, 0.15) is 0 Å². The molecule has 2 saturated carbocycles. The van der Waals surface area contributed by atoms with Crippen LogP contribution < -0.4 is 0 Å². The molecule has 0 aliphatic heterocycles. The lowest BCUT2D eigenvalue weighted by molar-refractivity contribution is 0.0741. The zero-order chi connectivity index (χ0) is 8.22. The predicted molar refractivity (Wildman–Crippen MR) is 45.2 cm³/mol. The van der Waals surface area contributed by atoms with Crippen molar-refractivity contribution in [2.24, 2.45) is 23.2 Å². The zero-order valence-electron chi connectivity index (χ0n) is 7.67. The summed E-state index contributed by atoms with van der Waals surface area (Å²) in [6.07, 6.45) is 2.33. The Morgan fingerprint density at radius 1 is 1.45 bits per heavy atom. The molecule has 0 amide bonds. The number of rotatable bonds is 1. The van der Waals surface area contributed by atoms with E-state index in [1.165, 1.54) is 6.42 Å². The Morgan fingerprint density at radius 3 is 2.27 bits per heavy atom. The molecule has 0 aromatic rings. The van der Waals surface area contributed by atoms with Gasteiger partial charge in [0.15, 0.2) is 0 Å². The van der Waals surface area contributed by atoms with Crippen molar-refractivity contribution in [1.82, 2.24) is 0 Å². The van der Waals surface area contributed by atoms with Crippen molar-refractivity contribution in [2.75, 3.05) is 0 Å². The minimum Gasteiger partial charge on any atom is -0.393 e. The summed E-state index contributed by atoms with van der Waals surface area (Å²) in [4.78, 5) is 0. The minimum absolute atomic E-state index is 0.00231. The van der Waals surface area contributed by atoms with E-state index in [-0.39, 0.29) is 6.10 Å². The predicted octanol–water partition coefficient (Wildman–Crippen LogP) is 2.05. The lowest BCUT2D eigenvalue weighted by atomic mass is 9.88. The molecule has 0 aromatic heterocycles. The van der Waals surface area contributed by atoms with Crippen molar-refractivity contribution in [1.29, 1.82) is 0 Å². The molecule has 64 valence electrons. The van der Waals surface area contributed by atoms with E-state index in [0.29, 0.717) is 11.3 Å². The molecule has 0 heterocycles. The second kappa shape index (κ2) is 2.01. The van der Waals surface area contributed by atoms with E-state index in [9.17, 15) is 5.11 Å². The third-order valence-corrected chi connectivity index (χ3v) is 4.08. The normalized spacial score (nSPS) is 54.8. The quantitative estimate of drug-likeness (QED) is 0.613. The average Bonchev–Trinajstić information content (AvgIpc) is 2.56. The molecule has 0 unspecified atom stereocenters. The van der Waals surface area contributed by atoms with Crippen LogP contribution in [0.5, 0.6) is 0 Å². The van der Waals surface area contributed by atoms with E-state index in [1.807, 2.05) is 0 Å². The Hall–Kier alpha value is -0.0400. The summed E-state index contributed by atoms with van der Waals surface area (Å²) in [6, 6.07) is 0. The van der Waals surface area contributed by atoms with Crippen LogP contribution in [0, 0.1) is 23.2 Å². The monoisotopic (exact) mass is 154 g/mol. The molecular formula is C10H18O. The van der Waals surface area contributed by atoms with Crippen molar-refractivity contribution in [3.63, 3.8) is 0 Å². The molecule has 1 heteroatoms. The van der Waals surface area contributed by atoms with E-state index in [0.717, 1.165) is 18.3 Å². The van der Waals surface area contributed by atoms with Gasteiger partial charge in [0.2, 0.25) is 0 Å². The first kappa shape index (κ1) is 7.60. The van der Waals surface area contributed by atoms with Crippen LogP contribution in [0.2, 0.25) is 0 Å². The Kier molecular flexibility index (Phi) is 1.39. The molecule has 2 aliphatic rings. The Labute approximate surface area is 68.8 Å². The largest absolute Gasteiger partial charge is 0.393 e. The van der Waals surface area contributed by atoms with E-state index < -0.39 is 0 Å². The summed E-state index contributed by atoms with van der Waals surface area (Å²) in [6.45, 7) is 6.79. The van der Waals surface area contributed by atoms with Crippen LogP contribution >= 0.6 is 0 Å². The second-order valence-electron chi connectivity index (χ2n) is 4.81. The van der Waals surface area contributed by atoms with Crippen molar-refractivity contribution in [3.8, 4) is 0 Å². The van der Waals surface area contributed by atoms with E-state index in [4.69, 9.17) is 0 Å². The SMILES string of the molecule is CC(C)[C@]12C[C@H]1[C@@H](C)C[C@@H]2O. The van der Waals surface area contributed by atoms with Gasteiger partial charge in [-0.1, -0.05) is 20.8 Å². The highest BCUT2D eigenvalue weighted by molar-refractivity contribution is 5.15. The van der Waals surface area contributed by atoms with Gasteiger partial charge in [0, 0.05) is 5.41 Å². The molecule has 4 atom stereocenters. The second-order valence-corrected chi connectivity index (χ2v) is 4.81. The molecule has 0 bridgehead atoms. The fraction of sp³-hybridized carbons (Fsp3) is 1.00. The molecule has 0 spiro atoms. The van der Waals surface area contributed by atoms with E-state index >= 15 is 0 Å². The molecule has 0 aromatic carbocycles. The number of hydrogen-bond donors (Lipinski definition) is 1. The van der Waals surface area contributed by atoms with Gasteiger partial charge in [-0.05, 0) is 30.6 Å². The van der Waals surface area contributed by atoms with Crippen LogP contribution in [0.4, 0.5) is 0 Å². The van der Waals surface area contributed by atoms with Crippen molar-refractivity contribution >= 4 is 0 Å². The third kappa shape index (κ3) is 0.752. The van der Waals surface area contributed by atoms with Crippen LogP contribution in [-0.4, -0.2) is 11.2 Å². The average molecular weight is 154 g/mol.